The van der Waals surface area contributed by atoms with Gasteiger partial charge in [0.15, 0.2) is 5.75 Å². The van der Waals surface area contributed by atoms with E-state index in [0.717, 1.165) is 6.20 Å². The summed E-state index contributed by atoms with van der Waals surface area (Å²) >= 11 is 2.94. The monoisotopic (exact) mass is 295 g/mol. The lowest BCUT2D eigenvalue weighted by atomic mass is 10.2. The minimum absolute atomic E-state index is 0.0280. The highest BCUT2D eigenvalue weighted by atomic mass is 79.9. The molecule has 16 heavy (non-hydrogen) atoms. The second-order valence-electron chi connectivity index (χ2n) is 2.88. The van der Waals surface area contributed by atoms with E-state index in [0.29, 0.717) is 0 Å². The Morgan fingerprint density at radius 3 is 2.75 bits per heavy atom. The smallest absolute Gasteiger partial charge is 0.309 e. The van der Waals surface area contributed by atoms with Crippen molar-refractivity contribution in [3.05, 3.63) is 21.9 Å². The Morgan fingerprint density at radius 2 is 2.31 bits per heavy atom. The maximum atomic E-state index is 12.5. The summed E-state index contributed by atoms with van der Waals surface area (Å²) in [6.07, 6.45) is -2.14. The number of methoxy groups -OCH3 is 1. The average Bonchev–Trinajstić information content (AvgIpc) is 2.16. The number of rotatable bonds is 4. The maximum absolute atomic E-state index is 12.5. The molecule has 1 N–H and O–H groups in total. The van der Waals surface area contributed by atoms with Crippen LogP contribution in [0.5, 0.6) is 5.75 Å². The lowest BCUT2D eigenvalue weighted by Crippen LogP contribution is -2.06. The van der Waals surface area contributed by atoms with Crippen LogP contribution in [0.2, 0.25) is 0 Å². The van der Waals surface area contributed by atoms with Gasteiger partial charge in [-0.2, -0.15) is 0 Å². The number of halogens is 3. The van der Waals surface area contributed by atoms with Gasteiger partial charge in [-0.3, -0.25) is 9.78 Å². The summed E-state index contributed by atoms with van der Waals surface area (Å²) in [6.45, 7) is 0. The highest BCUT2D eigenvalue weighted by Gasteiger charge is 2.20. The summed E-state index contributed by atoms with van der Waals surface area (Å²) in [4.78, 5) is 14.2. The third kappa shape index (κ3) is 2.66. The molecule has 7 heteroatoms. The highest BCUT2D eigenvalue weighted by Crippen LogP contribution is 2.36. The van der Waals surface area contributed by atoms with Crippen LogP contribution in [0.1, 0.15) is 17.7 Å². The molecule has 0 aliphatic rings. The number of pyridine rings is 1. The average molecular weight is 296 g/mol. The van der Waals surface area contributed by atoms with Gasteiger partial charge in [0, 0.05) is 6.20 Å². The summed E-state index contributed by atoms with van der Waals surface area (Å²) in [5.74, 6) is -1.08. The third-order valence-electron chi connectivity index (χ3n) is 1.83. The molecule has 88 valence electrons. The number of carbonyl (C=O) groups is 1. The Kier molecular flexibility index (Phi) is 4.17. The van der Waals surface area contributed by atoms with Gasteiger partial charge in [0.25, 0.3) is 6.43 Å². The summed E-state index contributed by atoms with van der Waals surface area (Å²) in [6, 6.07) is 0. The van der Waals surface area contributed by atoms with Crippen LogP contribution in [0.15, 0.2) is 10.7 Å². The Morgan fingerprint density at radius 1 is 1.69 bits per heavy atom. The van der Waals surface area contributed by atoms with Gasteiger partial charge in [-0.05, 0) is 15.9 Å². The molecule has 0 spiro atoms. The van der Waals surface area contributed by atoms with Gasteiger partial charge in [0.05, 0.1) is 29.3 Å². The quantitative estimate of drug-likeness (QED) is 0.927. The molecule has 0 aromatic carbocycles. The van der Waals surface area contributed by atoms with Crippen LogP contribution in [0.4, 0.5) is 8.78 Å². The van der Waals surface area contributed by atoms with Crippen molar-refractivity contribution in [1.82, 2.24) is 4.98 Å². The first-order valence-electron chi connectivity index (χ1n) is 4.18. The number of carboxylic acids is 1. The number of aromatic nitrogens is 1. The molecule has 1 heterocycles. The lowest BCUT2D eigenvalue weighted by Gasteiger charge is -2.11. The van der Waals surface area contributed by atoms with Gasteiger partial charge in [-0.25, -0.2) is 8.78 Å². The van der Waals surface area contributed by atoms with Gasteiger partial charge in [-0.1, -0.05) is 0 Å². The Balaban J connectivity index is 3.23. The second kappa shape index (κ2) is 5.20. The van der Waals surface area contributed by atoms with Crippen LogP contribution in [-0.2, 0) is 11.2 Å². The zero-order valence-corrected chi connectivity index (χ0v) is 9.79. The number of hydrogen-bond acceptors (Lipinski definition) is 3. The van der Waals surface area contributed by atoms with Gasteiger partial charge in [0.1, 0.15) is 0 Å². The minimum atomic E-state index is -2.70. The number of alkyl halides is 2. The van der Waals surface area contributed by atoms with Gasteiger partial charge < -0.3 is 9.84 Å². The molecule has 4 nitrogen and oxygen atoms in total. The van der Waals surface area contributed by atoms with E-state index >= 15 is 0 Å². The van der Waals surface area contributed by atoms with Crippen molar-refractivity contribution in [2.24, 2.45) is 0 Å². The summed E-state index contributed by atoms with van der Waals surface area (Å²) in [5.41, 5.74) is -0.225. The van der Waals surface area contributed by atoms with Crippen molar-refractivity contribution in [1.29, 1.82) is 0 Å². The summed E-state index contributed by atoms with van der Waals surface area (Å²) in [5, 5.41) is 8.60. The minimum Gasteiger partial charge on any atom is -0.494 e. The Hall–Kier alpha value is -1.24. The van der Waals surface area contributed by atoms with Gasteiger partial charge >= 0.3 is 5.97 Å². The molecular formula is C9H8BrF2NO3. The van der Waals surface area contributed by atoms with E-state index in [2.05, 4.69) is 20.9 Å². The van der Waals surface area contributed by atoms with Gasteiger partial charge in [0.2, 0.25) is 0 Å². The van der Waals surface area contributed by atoms with E-state index in [1.807, 2.05) is 0 Å². The van der Waals surface area contributed by atoms with Gasteiger partial charge in [-0.15, -0.1) is 0 Å². The van der Waals surface area contributed by atoms with E-state index < -0.39 is 12.4 Å². The first-order valence-corrected chi connectivity index (χ1v) is 4.97. The van der Waals surface area contributed by atoms with Crippen molar-refractivity contribution in [3.63, 3.8) is 0 Å². The topological polar surface area (TPSA) is 59.4 Å². The fourth-order valence-corrected chi connectivity index (χ4v) is 1.82. The molecule has 0 saturated heterocycles. The zero-order chi connectivity index (χ0) is 12.3. The SMILES string of the molecule is COc1c(CC(=O)O)ncc(C(F)F)c1Br. The molecule has 1 aromatic rings. The zero-order valence-electron chi connectivity index (χ0n) is 8.21. The van der Waals surface area contributed by atoms with Crippen molar-refractivity contribution in [2.45, 2.75) is 12.8 Å². The van der Waals surface area contributed by atoms with E-state index in [1.165, 1.54) is 7.11 Å². The molecule has 0 atom stereocenters. The fourth-order valence-electron chi connectivity index (χ4n) is 1.15. The van der Waals surface area contributed by atoms with E-state index in [-0.39, 0.29) is 27.9 Å². The summed E-state index contributed by atoms with van der Waals surface area (Å²) < 4.78 is 29.9. The molecule has 0 aliphatic carbocycles. The largest absolute Gasteiger partial charge is 0.494 e. The highest BCUT2D eigenvalue weighted by molar-refractivity contribution is 9.10. The van der Waals surface area contributed by atoms with Crippen molar-refractivity contribution in [2.75, 3.05) is 7.11 Å². The van der Waals surface area contributed by atoms with Crippen LogP contribution in [-0.4, -0.2) is 23.2 Å². The lowest BCUT2D eigenvalue weighted by molar-refractivity contribution is -0.136. The Labute approximate surface area is 98.4 Å². The molecule has 0 unspecified atom stereocenters. The predicted molar refractivity (Wildman–Crippen MR) is 54.8 cm³/mol. The van der Waals surface area contributed by atoms with E-state index in [4.69, 9.17) is 9.84 Å². The Bertz CT molecular complexity index is 412. The molecule has 0 bridgehead atoms. The van der Waals surface area contributed by atoms with Crippen LogP contribution < -0.4 is 4.74 Å². The van der Waals surface area contributed by atoms with Crippen LogP contribution in [0, 0.1) is 0 Å². The molecule has 1 aromatic heterocycles. The predicted octanol–water partition coefficient (Wildman–Crippen LogP) is 2.42. The molecule has 0 amide bonds. The standard InChI is InChI=1S/C9H8BrF2NO3/c1-16-8-5(2-6(14)15)13-3-4(7(8)10)9(11)12/h3,9H,2H2,1H3,(H,14,15). The molecular weight excluding hydrogens is 288 g/mol. The molecule has 0 radical (unpaired) electrons. The van der Waals surface area contributed by atoms with Crippen molar-refractivity contribution in [3.8, 4) is 5.75 Å². The third-order valence-corrected chi connectivity index (χ3v) is 2.65. The maximum Gasteiger partial charge on any atom is 0.309 e. The molecule has 0 fully saturated rings. The molecule has 0 aliphatic heterocycles. The fraction of sp³-hybridized carbons (Fsp3) is 0.333. The number of hydrogen-bond donors (Lipinski definition) is 1. The van der Waals surface area contributed by atoms with Crippen molar-refractivity contribution < 1.29 is 23.4 Å². The first kappa shape index (κ1) is 12.8. The number of carboxylic acid groups (broad SMARTS) is 1. The number of ether oxygens (including phenoxy) is 1. The number of aliphatic carboxylic acids is 1. The van der Waals surface area contributed by atoms with E-state index in [1.54, 1.807) is 0 Å². The van der Waals surface area contributed by atoms with Crippen LogP contribution >= 0.6 is 15.9 Å². The second-order valence-corrected chi connectivity index (χ2v) is 3.67. The molecule has 0 saturated carbocycles. The van der Waals surface area contributed by atoms with Crippen LogP contribution in [0.25, 0.3) is 0 Å². The van der Waals surface area contributed by atoms with E-state index in [9.17, 15) is 13.6 Å². The number of nitrogens with zero attached hydrogens (tertiary/aromatic N) is 1. The van der Waals surface area contributed by atoms with Crippen LogP contribution in [0.3, 0.4) is 0 Å². The summed E-state index contributed by atoms with van der Waals surface area (Å²) in [7, 11) is 1.27. The normalized spacial score (nSPS) is 10.6. The molecule has 1 rings (SSSR count). The first-order chi connectivity index (χ1) is 7.47. The van der Waals surface area contributed by atoms with Crippen molar-refractivity contribution >= 4 is 21.9 Å².